The van der Waals surface area contributed by atoms with Crippen molar-refractivity contribution < 1.29 is 13.2 Å². The van der Waals surface area contributed by atoms with Crippen LogP contribution in [0.25, 0.3) is 0 Å². The second-order valence-electron chi connectivity index (χ2n) is 5.17. The Morgan fingerprint density at radius 1 is 1.19 bits per heavy atom. The van der Waals surface area contributed by atoms with Crippen LogP contribution in [-0.4, -0.2) is 38.0 Å². The Labute approximate surface area is 127 Å². The van der Waals surface area contributed by atoms with E-state index in [9.17, 15) is 13.2 Å². The quantitative estimate of drug-likeness (QED) is 0.794. The first-order valence-corrected chi connectivity index (χ1v) is 8.95. The molecule has 1 aromatic rings. The molecule has 1 rings (SSSR count). The molecule has 0 heterocycles. The highest BCUT2D eigenvalue weighted by Crippen LogP contribution is 2.04. The van der Waals surface area contributed by atoms with Gasteiger partial charge in [0.1, 0.15) is 0 Å². The van der Waals surface area contributed by atoms with Crippen LogP contribution < -0.4 is 5.32 Å². The SMILES string of the molecule is CCCN(CCC(=O)NCc1ccc(C)cc1)S(C)(=O)=O. The summed E-state index contributed by atoms with van der Waals surface area (Å²) in [6, 6.07) is 7.92. The third-order valence-corrected chi connectivity index (χ3v) is 4.44. The van der Waals surface area contributed by atoms with Gasteiger partial charge in [-0.05, 0) is 18.9 Å². The third kappa shape index (κ3) is 6.73. The Morgan fingerprint density at radius 2 is 1.81 bits per heavy atom. The van der Waals surface area contributed by atoms with E-state index in [1.165, 1.54) is 16.1 Å². The van der Waals surface area contributed by atoms with E-state index in [-0.39, 0.29) is 18.9 Å². The number of rotatable bonds is 8. The Morgan fingerprint density at radius 3 is 2.33 bits per heavy atom. The molecule has 0 aliphatic heterocycles. The highest BCUT2D eigenvalue weighted by Gasteiger charge is 2.16. The monoisotopic (exact) mass is 312 g/mol. The van der Waals surface area contributed by atoms with Crippen LogP contribution in [-0.2, 0) is 21.4 Å². The van der Waals surface area contributed by atoms with Crippen LogP contribution in [0.5, 0.6) is 0 Å². The molecule has 0 bridgehead atoms. The van der Waals surface area contributed by atoms with Gasteiger partial charge >= 0.3 is 0 Å². The predicted molar refractivity (Wildman–Crippen MR) is 84.4 cm³/mol. The molecule has 1 aromatic carbocycles. The van der Waals surface area contributed by atoms with Crippen molar-refractivity contribution in [2.45, 2.75) is 33.2 Å². The van der Waals surface area contributed by atoms with Crippen LogP contribution >= 0.6 is 0 Å². The molecule has 0 fully saturated rings. The molecule has 0 spiro atoms. The fourth-order valence-electron chi connectivity index (χ4n) is 1.91. The van der Waals surface area contributed by atoms with Gasteiger partial charge in [-0.2, -0.15) is 0 Å². The topological polar surface area (TPSA) is 66.5 Å². The molecule has 1 amide bonds. The van der Waals surface area contributed by atoms with Crippen molar-refractivity contribution >= 4 is 15.9 Å². The van der Waals surface area contributed by atoms with Crippen molar-refractivity contribution in [1.29, 1.82) is 0 Å². The molecule has 6 heteroatoms. The van der Waals surface area contributed by atoms with Crippen molar-refractivity contribution in [3.05, 3.63) is 35.4 Å². The molecular formula is C15H24N2O3S. The molecule has 0 aromatic heterocycles. The van der Waals surface area contributed by atoms with E-state index < -0.39 is 10.0 Å². The van der Waals surface area contributed by atoms with Gasteiger partial charge in [0.2, 0.25) is 15.9 Å². The fraction of sp³-hybridized carbons (Fsp3) is 0.533. The van der Waals surface area contributed by atoms with Crippen LogP contribution in [0.3, 0.4) is 0 Å². The van der Waals surface area contributed by atoms with E-state index in [0.29, 0.717) is 13.1 Å². The number of hydrogen-bond acceptors (Lipinski definition) is 3. The normalized spacial score (nSPS) is 11.6. The highest BCUT2D eigenvalue weighted by atomic mass is 32.2. The maximum Gasteiger partial charge on any atom is 0.221 e. The van der Waals surface area contributed by atoms with Crippen LogP contribution in [0.1, 0.15) is 30.9 Å². The number of aryl methyl sites for hydroxylation is 1. The van der Waals surface area contributed by atoms with E-state index >= 15 is 0 Å². The zero-order chi connectivity index (χ0) is 15.9. The Kier molecular flexibility index (Phi) is 6.84. The number of nitrogens with one attached hydrogen (secondary N) is 1. The average Bonchev–Trinajstić information content (AvgIpc) is 2.41. The van der Waals surface area contributed by atoms with E-state index in [1.807, 2.05) is 38.1 Å². The second kappa shape index (κ2) is 8.14. The lowest BCUT2D eigenvalue weighted by molar-refractivity contribution is -0.121. The number of amides is 1. The summed E-state index contributed by atoms with van der Waals surface area (Å²) >= 11 is 0. The standard InChI is InChI=1S/C15H24N2O3S/c1-4-10-17(21(3,19)20)11-9-15(18)16-12-14-7-5-13(2)6-8-14/h5-8H,4,9-12H2,1-3H3,(H,16,18). The summed E-state index contributed by atoms with van der Waals surface area (Å²) < 4.78 is 24.4. The lowest BCUT2D eigenvalue weighted by Crippen LogP contribution is -2.35. The Balaban J connectivity index is 2.41. The van der Waals surface area contributed by atoms with Gasteiger partial charge in [-0.3, -0.25) is 4.79 Å². The minimum atomic E-state index is -3.24. The Hall–Kier alpha value is -1.40. The summed E-state index contributed by atoms with van der Waals surface area (Å²) in [5.41, 5.74) is 2.20. The first-order chi connectivity index (χ1) is 9.82. The van der Waals surface area contributed by atoms with E-state index in [0.717, 1.165) is 12.0 Å². The van der Waals surface area contributed by atoms with Gasteiger partial charge in [-0.1, -0.05) is 36.8 Å². The van der Waals surface area contributed by atoms with Gasteiger partial charge in [0.15, 0.2) is 0 Å². The molecule has 1 N–H and O–H groups in total. The smallest absolute Gasteiger partial charge is 0.221 e. The number of nitrogens with zero attached hydrogens (tertiary/aromatic N) is 1. The Bertz CT molecular complexity index is 553. The zero-order valence-electron chi connectivity index (χ0n) is 12.9. The van der Waals surface area contributed by atoms with Crippen LogP contribution in [0.2, 0.25) is 0 Å². The third-order valence-electron chi connectivity index (χ3n) is 3.14. The molecular weight excluding hydrogens is 288 g/mol. The molecule has 0 saturated carbocycles. The molecule has 0 atom stereocenters. The van der Waals surface area contributed by atoms with E-state index in [2.05, 4.69) is 5.32 Å². The number of hydrogen-bond donors (Lipinski definition) is 1. The maximum atomic E-state index is 11.8. The van der Waals surface area contributed by atoms with Crippen molar-refractivity contribution in [3.63, 3.8) is 0 Å². The van der Waals surface area contributed by atoms with Crippen LogP contribution in [0, 0.1) is 6.92 Å². The maximum absolute atomic E-state index is 11.8. The summed E-state index contributed by atoms with van der Waals surface area (Å²) in [5.74, 6) is -0.139. The van der Waals surface area contributed by atoms with Gasteiger partial charge in [-0.25, -0.2) is 12.7 Å². The number of sulfonamides is 1. The average molecular weight is 312 g/mol. The molecule has 21 heavy (non-hydrogen) atoms. The number of benzene rings is 1. The van der Waals surface area contributed by atoms with Crippen LogP contribution in [0.4, 0.5) is 0 Å². The first-order valence-electron chi connectivity index (χ1n) is 7.10. The van der Waals surface area contributed by atoms with Crippen LogP contribution in [0.15, 0.2) is 24.3 Å². The minimum absolute atomic E-state index is 0.139. The van der Waals surface area contributed by atoms with Crippen molar-refractivity contribution in [2.75, 3.05) is 19.3 Å². The molecule has 0 unspecified atom stereocenters. The van der Waals surface area contributed by atoms with Crippen molar-refractivity contribution in [2.24, 2.45) is 0 Å². The van der Waals surface area contributed by atoms with Gasteiger partial charge in [0, 0.05) is 26.1 Å². The zero-order valence-corrected chi connectivity index (χ0v) is 13.7. The summed E-state index contributed by atoms with van der Waals surface area (Å²) in [6.07, 6.45) is 2.09. The van der Waals surface area contributed by atoms with E-state index in [1.54, 1.807) is 0 Å². The van der Waals surface area contributed by atoms with Gasteiger partial charge in [-0.15, -0.1) is 0 Å². The summed E-state index contributed by atoms with van der Waals surface area (Å²) in [4.78, 5) is 11.8. The summed E-state index contributed by atoms with van der Waals surface area (Å²) in [5, 5.41) is 2.81. The largest absolute Gasteiger partial charge is 0.352 e. The summed E-state index contributed by atoms with van der Waals surface area (Å²) in [7, 11) is -3.24. The number of carbonyl (C=O) groups is 1. The number of carbonyl (C=O) groups excluding carboxylic acids is 1. The summed E-state index contributed by atoms with van der Waals surface area (Å²) in [6.45, 7) is 5.06. The first kappa shape index (κ1) is 17.7. The molecule has 0 saturated heterocycles. The molecule has 5 nitrogen and oxygen atoms in total. The van der Waals surface area contributed by atoms with Gasteiger partial charge in [0.25, 0.3) is 0 Å². The minimum Gasteiger partial charge on any atom is -0.352 e. The lowest BCUT2D eigenvalue weighted by atomic mass is 10.1. The second-order valence-corrected chi connectivity index (χ2v) is 7.16. The molecule has 0 aliphatic carbocycles. The van der Waals surface area contributed by atoms with Gasteiger partial charge in [0.05, 0.1) is 6.26 Å². The molecule has 0 radical (unpaired) electrons. The predicted octanol–water partition coefficient (Wildman–Crippen LogP) is 1.67. The van der Waals surface area contributed by atoms with E-state index in [4.69, 9.17) is 0 Å². The van der Waals surface area contributed by atoms with Gasteiger partial charge < -0.3 is 5.32 Å². The van der Waals surface area contributed by atoms with Crippen molar-refractivity contribution in [1.82, 2.24) is 9.62 Å². The lowest BCUT2D eigenvalue weighted by Gasteiger charge is -2.18. The van der Waals surface area contributed by atoms with Crippen molar-refractivity contribution in [3.8, 4) is 0 Å². The molecule has 118 valence electrons. The fourth-order valence-corrected chi connectivity index (χ4v) is 2.85. The highest BCUT2D eigenvalue weighted by molar-refractivity contribution is 7.88. The molecule has 0 aliphatic rings.